The average Bonchev–Trinajstić information content (AvgIpc) is 2.69. The third kappa shape index (κ3) is 3.61. The molecule has 1 N–H and O–H groups in total. The summed E-state index contributed by atoms with van der Waals surface area (Å²) in [5, 5.41) is 3.30. The van der Waals surface area contributed by atoms with E-state index in [2.05, 4.69) is 10.1 Å². The van der Waals surface area contributed by atoms with E-state index >= 15 is 0 Å². The second kappa shape index (κ2) is 6.11. The molecule has 1 aromatic rings. The van der Waals surface area contributed by atoms with Crippen LogP contribution in [0.15, 0.2) is 12.1 Å². The Kier molecular flexibility index (Phi) is 4.71. The van der Waals surface area contributed by atoms with Crippen LogP contribution in [-0.2, 0) is 4.74 Å². The molecule has 2 unspecified atom stereocenters. The molecule has 0 bridgehead atoms. The van der Waals surface area contributed by atoms with Crippen molar-refractivity contribution in [3.8, 4) is 5.75 Å². The Hall–Kier alpha value is -0.780. The Labute approximate surface area is 119 Å². The fourth-order valence-corrected chi connectivity index (χ4v) is 2.56. The summed E-state index contributed by atoms with van der Waals surface area (Å²) in [6, 6.07) is 3.17. The zero-order chi connectivity index (χ0) is 14.0. The van der Waals surface area contributed by atoms with E-state index in [9.17, 15) is 8.78 Å². The van der Waals surface area contributed by atoms with Crippen molar-refractivity contribution in [3.63, 3.8) is 0 Å². The Morgan fingerprint density at radius 1 is 1.37 bits per heavy atom. The summed E-state index contributed by atoms with van der Waals surface area (Å²) < 4.78 is 34.1. The highest BCUT2D eigenvalue weighted by Gasteiger charge is 2.24. The van der Waals surface area contributed by atoms with Gasteiger partial charge in [-0.15, -0.1) is 0 Å². The van der Waals surface area contributed by atoms with Crippen molar-refractivity contribution in [2.24, 2.45) is 0 Å². The van der Waals surface area contributed by atoms with Crippen molar-refractivity contribution in [1.82, 2.24) is 0 Å². The fourth-order valence-electron chi connectivity index (χ4n) is 1.98. The number of hydrogen-bond acceptors (Lipinski definition) is 3. The van der Waals surface area contributed by atoms with Crippen molar-refractivity contribution in [2.75, 3.05) is 11.9 Å². The van der Waals surface area contributed by atoms with Gasteiger partial charge in [-0.1, -0.05) is 23.2 Å². The van der Waals surface area contributed by atoms with Crippen LogP contribution in [0.1, 0.15) is 13.3 Å². The summed E-state index contributed by atoms with van der Waals surface area (Å²) in [6.45, 7) is -0.313. The summed E-state index contributed by atoms with van der Waals surface area (Å²) >= 11 is 11.8. The second-order valence-electron chi connectivity index (χ2n) is 4.26. The Balaban J connectivity index is 2.15. The third-order valence-corrected chi connectivity index (χ3v) is 3.50. The topological polar surface area (TPSA) is 30.5 Å². The fraction of sp³-hybridized carbons (Fsp3) is 0.500. The minimum absolute atomic E-state index is 0.0434. The molecule has 0 spiro atoms. The standard InChI is InChI=1S/C12H13Cl2F2NO2/c1-6-10(2-3-18-6)17-7-4-8(13)11(9(14)5-7)19-12(15)16/h4-6,10,12,17H,2-3H2,1H3. The van der Waals surface area contributed by atoms with Gasteiger partial charge in [0.15, 0.2) is 5.75 Å². The molecule has 0 aromatic heterocycles. The van der Waals surface area contributed by atoms with Gasteiger partial charge >= 0.3 is 6.61 Å². The van der Waals surface area contributed by atoms with E-state index in [0.29, 0.717) is 12.3 Å². The monoisotopic (exact) mass is 311 g/mol. The van der Waals surface area contributed by atoms with Crippen molar-refractivity contribution >= 4 is 28.9 Å². The van der Waals surface area contributed by atoms with Crippen LogP contribution < -0.4 is 10.1 Å². The first kappa shape index (κ1) is 14.6. The SMILES string of the molecule is CC1OCCC1Nc1cc(Cl)c(OC(F)F)c(Cl)c1. The molecule has 1 aromatic carbocycles. The largest absolute Gasteiger partial charge is 0.432 e. The molecule has 2 atom stereocenters. The van der Waals surface area contributed by atoms with Gasteiger partial charge in [0.25, 0.3) is 0 Å². The number of anilines is 1. The van der Waals surface area contributed by atoms with Gasteiger partial charge in [0.05, 0.1) is 22.2 Å². The van der Waals surface area contributed by atoms with E-state index < -0.39 is 6.61 Å². The summed E-state index contributed by atoms with van der Waals surface area (Å²) in [7, 11) is 0. The van der Waals surface area contributed by atoms with Gasteiger partial charge in [0, 0.05) is 12.3 Å². The minimum atomic E-state index is -2.96. The second-order valence-corrected chi connectivity index (χ2v) is 5.08. The molecule has 3 nitrogen and oxygen atoms in total. The van der Waals surface area contributed by atoms with Crippen LogP contribution in [0.25, 0.3) is 0 Å². The van der Waals surface area contributed by atoms with Crippen molar-refractivity contribution in [2.45, 2.75) is 32.1 Å². The Bertz CT molecular complexity index is 436. The molecule has 0 aliphatic carbocycles. The molecule has 106 valence electrons. The van der Waals surface area contributed by atoms with Crippen LogP contribution in [-0.4, -0.2) is 25.4 Å². The summed E-state index contributed by atoms with van der Waals surface area (Å²) in [4.78, 5) is 0. The van der Waals surface area contributed by atoms with E-state index in [1.165, 1.54) is 12.1 Å². The molecule has 0 radical (unpaired) electrons. The first-order valence-corrected chi connectivity index (χ1v) is 6.55. The minimum Gasteiger partial charge on any atom is -0.432 e. The Morgan fingerprint density at radius 2 is 2.00 bits per heavy atom. The predicted molar refractivity (Wildman–Crippen MR) is 70.5 cm³/mol. The molecule has 19 heavy (non-hydrogen) atoms. The van der Waals surface area contributed by atoms with Gasteiger partial charge < -0.3 is 14.8 Å². The molecule has 1 heterocycles. The normalized spacial score (nSPS) is 22.8. The number of hydrogen-bond donors (Lipinski definition) is 1. The lowest BCUT2D eigenvalue weighted by Crippen LogP contribution is -2.26. The molecule has 7 heteroatoms. The van der Waals surface area contributed by atoms with E-state index in [1.54, 1.807) is 0 Å². The Morgan fingerprint density at radius 3 is 2.47 bits per heavy atom. The lowest BCUT2D eigenvalue weighted by molar-refractivity contribution is -0.0497. The van der Waals surface area contributed by atoms with Crippen LogP contribution in [0, 0.1) is 0 Å². The quantitative estimate of drug-likeness (QED) is 0.904. The van der Waals surface area contributed by atoms with E-state index in [0.717, 1.165) is 6.42 Å². The molecular weight excluding hydrogens is 299 g/mol. The molecular formula is C12H13Cl2F2NO2. The van der Waals surface area contributed by atoms with Gasteiger partial charge in [-0.3, -0.25) is 0 Å². The zero-order valence-electron chi connectivity index (χ0n) is 10.1. The maximum Gasteiger partial charge on any atom is 0.387 e. The molecule has 1 saturated heterocycles. The van der Waals surface area contributed by atoms with E-state index in [4.69, 9.17) is 27.9 Å². The van der Waals surface area contributed by atoms with E-state index in [1.807, 2.05) is 6.92 Å². The number of benzene rings is 1. The van der Waals surface area contributed by atoms with Gasteiger partial charge in [0.2, 0.25) is 0 Å². The molecule has 1 fully saturated rings. The van der Waals surface area contributed by atoms with Crippen LogP contribution in [0.5, 0.6) is 5.75 Å². The number of nitrogens with one attached hydrogen (secondary N) is 1. The lowest BCUT2D eigenvalue weighted by atomic mass is 10.1. The molecule has 2 rings (SSSR count). The number of rotatable bonds is 4. The highest BCUT2D eigenvalue weighted by atomic mass is 35.5. The van der Waals surface area contributed by atoms with E-state index in [-0.39, 0.29) is 27.9 Å². The molecule has 1 aliphatic heterocycles. The summed E-state index contributed by atoms with van der Waals surface area (Å²) in [5.41, 5.74) is 0.652. The van der Waals surface area contributed by atoms with Gasteiger partial charge in [0.1, 0.15) is 0 Å². The van der Waals surface area contributed by atoms with Crippen LogP contribution >= 0.6 is 23.2 Å². The number of alkyl halides is 2. The zero-order valence-corrected chi connectivity index (χ0v) is 11.6. The van der Waals surface area contributed by atoms with Crippen molar-refractivity contribution in [3.05, 3.63) is 22.2 Å². The summed E-state index contributed by atoms with van der Waals surface area (Å²) in [5.74, 6) is -0.209. The third-order valence-electron chi connectivity index (χ3n) is 2.93. The first-order chi connectivity index (χ1) is 8.97. The number of ether oxygens (including phenoxy) is 2. The molecule has 0 saturated carbocycles. The molecule has 1 aliphatic rings. The first-order valence-electron chi connectivity index (χ1n) is 5.79. The number of halogens is 4. The lowest BCUT2D eigenvalue weighted by Gasteiger charge is -2.18. The van der Waals surface area contributed by atoms with Crippen LogP contribution in [0.2, 0.25) is 10.0 Å². The maximum absolute atomic E-state index is 12.2. The van der Waals surface area contributed by atoms with Crippen LogP contribution in [0.4, 0.5) is 14.5 Å². The van der Waals surface area contributed by atoms with Gasteiger partial charge in [-0.05, 0) is 25.5 Å². The predicted octanol–water partition coefficient (Wildman–Crippen LogP) is 4.18. The van der Waals surface area contributed by atoms with Crippen molar-refractivity contribution in [1.29, 1.82) is 0 Å². The molecule has 0 amide bonds. The highest BCUT2D eigenvalue weighted by molar-refractivity contribution is 6.37. The average molecular weight is 312 g/mol. The van der Waals surface area contributed by atoms with Crippen LogP contribution in [0.3, 0.4) is 0 Å². The summed E-state index contributed by atoms with van der Waals surface area (Å²) in [6.07, 6.45) is 0.945. The highest BCUT2D eigenvalue weighted by Crippen LogP contribution is 2.37. The van der Waals surface area contributed by atoms with Gasteiger partial charge in [-0.25, -0.2) is 0 Å². The smallest absolute Gasteiger partial charge is 0.387 e. The van der Waals surface area contributed by atoms with Crippen molar-refractivity contribution < 1.29 is 18.3 Å². The maximum atomic E-state index is 12.2. The van der Waals surface area contributed by atoms with Gasteiger partial charge in [-0.2, -0.15) is 8.78 Å².